The van der Waals surface area contributed by atoms with Gasteiger partial charge in [-0.15, -0.1) is 0 Å². The van der Waals surface area contributed by atoms with Crippen LogP contribution in [0.2, 0.25) is 0 Å². The monoisotopic (exact) mass is 390 g/mol. The smallest absolute Gasteiger partial charge is 0.417 e. The molecular weight excluding hydrogens is 369 g/mol. The number of sulfone groups is 1. The Bertz CT molecular complexity index is 804. The summed E-state index contributed by atoms with van der Waals surface area (Å²) in [5, 5.41) is 0. The van der Waals surface area contributed by atoms with E-state index < -0.39 is 32.4 Å². The molecular formula is C18H21F3O4S. The molecule has 1 aromatic rings. The first kappa shape index (κ1) is 20.5. The molecule has 1 saturated carbocycles. The van der Waals surface area contributed by atoms with Gasteiger partial charge in [-0.25, -0.2) is 13.2 Å². The highest BCUT2D eigenvalue weighted by molar-refractivity contribution is 7.90. The van der Waals surface area contributed by atoms with Crippen LogP contribution in [0.25, 0.3) is 5.57 Å². The van der Waals surface area contributed by atoms with Gasteiger partial charge in [-0.05, 0) is 36.5 Å². The molecule has 0 atom stereocenters. The van der Waals surface area contributed by atoms with E-state index in [4.69, 9.17) is 4.74 Å². The third kappa shape index (κ3) is 4.87. The topological polar surface area (TPSA) is 60.4 Å². The largest absolute Gasteiger partial charge is 0.465 e. The average molecular weight is 390 g/mol. The molecule has 8 heteroatoms. The lowest BCUT2D eigenvalue weighted by atomic mass is 9.86. The van der Waals surface area contributed by atoms with Crippen molar-refractivity contribution in [3.05, 3.63) is 35.4 Å². The average Bonchev–Trinajstić information content (AvgIpc) is 2.58. The maximum absolute atomic E-state index is 13.4. The Hall–Kier alpha value is -1.83. The van der Waals surface area contributed by atoms with Gasteiger partial charge in [-0.3, -0.25) is 0 Å². The Morgan fingerprint density at radius 2 is 1.81 bits per heavy atom. The molecule has 2 rings (SSSR count). The molecule has 4 nitrogen and oxygen atoms in total. The fraction of sp³-hybridized carbons (Fsp3) is 0.500. The molecule has 26 heavy (non-hydrogen) atoms. The molecule has 1 aliphatic carbocycles. The van der Waals surface area contributed by atoms with Gasteiger partial charge in [0.15, 0.2) is 9.84 Å². The number of halogens is 3. The van der Waals surface area contributed by atoms with E-state index in [0.29, 0.717) is 6.07 Å². The van der Waals surface area contributed by atoms with E-state index in [1.54, 1.807) is 6.08 Å². The van der Waals surface area contributed by atoms with Crippen LogP contribution in [-0.2, 0) is 25.5 Å². The molecule has 1 fully saturated rings. The van der Waals surface area contributed by atoms with Gasteiger partial charge in [-0.1, -0.05) is 31.4 Å². The first-order valence-corrected chi connectivity index (χ1v) is 10.1. The summed E-state index contributed by atoms with van der Waals surface area (Å²) in [5.41, 5.74) is -1.25. The molecule has 1 aliphatic rings. The Kier molecular flexibility index (Phi) is 6.16. The Morgan fingerprint density at radius 3 is 2.31 bits per heavy atom. The second-order valence-corrected chi connectivity index (χ2v) is 8.44. The quantitative estimate of drug-likeness (QED) is 0.570. The summed E-state index contributed by atoms with van der Waals surface area (Å²) in [7, 11) is -2.91. The number of esters is 1. The normalized spacial score (nSPS) is 17.2. The Balaban J connectivity index is 2.58. The molecule has 0 N–H and O–H groups in total. The first-order chi connectivity index (χ1) is 12.0. The SMILES string of the molecule is COC(=O)/C(=C/C1CCCCC1)c1ccc(S(C)(=O)=O)c(C(F)(F)F)c1. The van der Waals surface area contributed by atoms with Crippen molar-refractivity contribution in [1.82, 2.24) is 0 Å². The van der Waals surface area contributed by atoms with Crippen LogP contribution >= 0.6 is 0 Å². The summed E-state index contributed by atoms with van der Waals surface area (Å²) in [5.74, 6) is -0.655. The number of allylic oxidation sites excluding steroid dienone is 1. The zero-order valence-corrected chi connectivity index (χ0v) is 15.4. The van der Waals surface area contributed by atoms with E-state index in [-0.39, 0.29) is 17.1 Å². The van der Waals surface area contributed by atoms with Gasteiger partial charge in [0.05, 0.1) is 23.1 Å². The predicted molar refractivity (Wildman–Crippen MR) is 91.1 cm³/mol. The molecule has 0 aromatic heterocycles. The van der Waals surface area contributed by atoms with Gasteiger partial charge in [0.2, 0.25) is 0 Å². The van der Waals surface area contributed by atoms with Crippen molar-refractivity contribution in [3.8, 4) is 0 Å². The molecule has 1 aromatic carbocycles. The van der Waals surface area contributed by atoms with Crippen molar-refractivity contribution in [2.24, 2.45) is 5.92 Å². The first-order valence-electron chi connectivity index (χ1n) is 8.26. The van der Waals surface area contributed by atoms with Crippen LogP contribution in [0.1, 0.15) is 43.2 Å². The standard InChI is InChI=1S/C18H21F3O4S/c1-25-17(22)14(10-12-6-4-3-5-7-12)13-8-9-16(26(2,23)24)15(11-13)18(19,20)21/h8-12H,3-7H2,1-2H3/b14-10+. The summed E-state index contributed by atoms with van der Waals surface area (Å²) in [4.78, 5) is 11.3. The van der Waals surface area contributed by atoms with Crippen molar-refractivity contribution in [3.63, 3.8) is 0 Å². The van der Waals surface area contributed by atoms with Crippen LogP contribution in [0.5, 0.6) is 0 Å². The number of methoxy groups -OCH3 is 1. The van der Waals surface area contributed by atoms with Crippen LogP contribution < -0.4 is 0 Å². The molecule has 0 heterocycles. The Morgan fingerprint density at radius 1 is 1.19 bits per heavy atom. The molecule has 144 valence electrons. The number of hydrogen-bond acceptors (Lipinski definition) is 4. The highest BCUT2D eigenvalue weighted by Gasteiger charge is 2.37. The number of hydrogen-bond donors (Lipinski definition) is 0. The second-order valence-electron chi connectivity index (χ2n) is 6.45. The van der Waals surface area contributed by atoms with Crippen molar-refractivity contribution >= 4 is 21.4 Å². The van der Waals surface area contributed by atoms with E-state index in [1.807, 2.05) is 0 Å². The highest BCUT2D eigenvalue weighted by Crippen LogP contribution is 2.37. The Labute approximate surface area is 151 Å². The van der Waals surface area contributed by atoms with Crippen molar-refractivity contribution in [2.75, 3.05) is 13.4 Å². The van der Waals surface area contributed by atoms with E-state index in [1.165, 1.54) is 6.07 Å². The number of carbonyl (C=O) groups is 1. The van der Waals surface area contributed by atoms with Gasteiger partial charge < -0.3 is 4.74 Å². The van der Waals surface area contributed by atoms with Crippen LogP contribution in [0.3, 0.4) is 0 Å². The van der Waals surface area contributed by atoms with Crippen LogP contribution in [0.4, 0.5) is 13.2 Å². The number of alkyl halides is 3. The number of carbonyl (C=O) groups excluding carboxylic acids is 1. The van der Waals surface area contributed by atoms with Gasteiger partial charge >= 0.3 is 12.1 Å². The van der Waals surface area contributed by atoms with E-state index in [9.17, 15) is 26.4 Å². The van der Waals surface area contributed by atoms with Gasteiger partial charge in [0.1, 0.15) is 0 Å². The van der Waals surface area contributed by atoms with Crippen LogP contribution in [0, 0.1) is 5.92 Å². The predicted octanol–water partition coefficient (Wildman–Crippen LogP) is 4.25. The number of ether oxygens (including phenoxy) is 1. The molecule has 0 bridgehead atoms. The summed E-state index contributed by atoms with van der Waals surface area (Å²) in [6.45, 7) is 0. The van der Waals surface area contributed by atoms with Gasteiger partial charge in [-0.2, -0.15) is 13.2 Å². The molecule has 0 aliphatic heterocycles. The van der Waals surface area contributed by atoms with E-state index in [0.717, 1.165) is 51.5 Å². The maximum atomic E-state index is 13.4. The lowest BCUT2D eigenvalue weighted by Gasteiger charge is -2.20. The van der Waals surface area contributed by atoms with E-state index in [2.05, 4.69) is 0 Å². The second kappa shape index (κ2) is 7.82. The lowest BCUT2D eigenvalue weighted by Crippen LogP contribution is -2.14. The minimum atomic E-state index is -4.86. The zero-order chi connectivity index (χ0) is 19.5. The molecule has 0 unspecified atom stereocenters. The van der Waals surface area contributed by atoms with Crippen LogP contribution in [0.15, 0.2) is 29.2 Å². The van der Waals surface area contributed by atoms with Gasteiger partial charge in [0.25, 0.3) is 0 Å². The maximum Gasteiger partial charge on any atom is 0.417 e. The fourth-order valence-corrected chi connectivity index (χ4v) is 4.06. The third-order valence-corrected chi connectivity index (χ3v) is 5.61. The summed E-state index contributed by atoms with van der Waals surface area (Å²) in [6, 6.07) is 2.82. The fourth-order valence-electron chi connectivity index (χ4n) is 3.17. The summed E-state index contributed by atoms with van der Waals surface area (Å²) < 4.78 is 68.2. The minimum absolute atomic E-state index is 0.00199. The van der Waals surface area contributed by atoms with Crippen molar-refractivity contribution in [2.45, 2.75) is 43.2 Å². The molecule has 0 radical (unpaired) electrons. The van der Waals surface area contributed by atoms with Crippen molar-refractivity contribution < 1.29 is 31.1 Å². The number of benzene rings is 1. The minimum Gasteiger partial charge on any atom is -0.465 e. The lowest BCUT2D eigenvalue weighted by molar-refractivity contribution is -0.140. The van der Waals surface area contributed by atoms with E-state index >= 15 is 0 Å². The van der Waals surface area contributed by atoms with Crippen molar-refractivity contribution in [1.29, 1.82) is 0 Å². The number of rotatable bonds is 4. The summed E-state index contributed by atoms with van der Waals surface area (Å²) >= 11 is 0. The van der Waals surface area contributed by atoms with Crippen LogP contribution in [-0.4, -0.2) is 27.8 Å². The molecule has 0 spiro atoms. The van der Waals surface area contributed by atoms with Gasteiger partial charge in [0, 0.05) is 6.26 Å². The summed E-state index contributed by atoms with van der Waals surface area (Å²) in [6.07, 6.45) is 2.31. The zero-order valence-electron chi connectivity index (χ0n) is 14.6. The molecule has 0 amide bonds. The molecule has 0 saturated heterocycles. The highest BCUT2D eigenvalue weighted by atomic mass is 32.2. The third-order valence-electron chi connectivity index (χ3n) is 4.45.